The Balaban J connectivity index is 1.86. The van der Waals surface area contributed by atoms with Crippen molar-refractivity contribution in [3.05, 3.63) is 70.6 Å². The number of Topliss-reactive ketones (excluding diaryl/α,β-unsaturated/α-hetero) is 1. The fourth-order valence-electron chi connectivity index (χ4n) is 3.15. The third kappa shape index (κ3) is 6.55. The SMILES string of the molecule is CCCCCC/C(=N\OC(C)O)C(=O)c1cc2ccc(Sc3ccccc3)cc2oc1=O. The summed E-state index contributed by atoms with van der Waals surface area (Å²) in [6, 6.07) is 17.0. The summed E-state index contributed by atoms with van der Waals surface area (Å²) >= 11 is 1.56. The number of unbranched alkanes of at least 4 members (excludes halogenated alkanes) is 3. The van der Waals surface area contributed by atoms with E-state index in [2.05, 4.69) is 12.1 Å². The Bertz CT molecular complexity index is 1140. The average Bonchev–Trinajstić information content (AvgIpc) is 2.78. The number of fused-ring (bicyclic) bond motifs is 1. The van der Waals surface area contributed by atoms with E-state index in [1.165, 1.54) is 13.0 Å². The summed E-state index contributed by atoms with van der Waals surface area (Å²) < 4.78 is 5.48. The van der Waals surface area contributed by atoms with Crippen LogP contribution < -0.4 is 5.63 Å². The highest BCUT2D eigenvalue weighted by atomic mass is 32.2. The summed E-state index contributed by atoms with van der Waals surface area (Å²) in [5.41, 5.74) is -0.300. The van der Waals surface area contributed by atoms with E-state index in [9.17, 15) is 14.7 Å². The number of hydrogen-bond acceptors (Lipinski definition) is 7. The Morgan fingerprint density at radius 1 is 1.09 bits per heavy atom. The van der Waals surface area contributed by atoms with Gasteiger partial charge in [0.2, 0.25) is 12.1 Å². The fourth-order valence-corrected chi connectivity index (χ4v) is 4.02. The van der Waals surface area contributed by atoms with E-state index in [0.29, 0.717) is 17.4 Å². The van der Waals surface area contributed by atoms with Crippen LogP contribution in [0.1, 0.15) is 56.3 Å². The number of rotatable bonds is 11. The lowest BCUT2D eigenvalue weighted by molar-refractivity contribution is -0.0838. The molecule has 6 nitrogen and oxygen atoms in total. The maximum absolute atomic E-state index is 13.0. The lowest BCUT2D eigenvalue weighted by atomic mass is 10.0. The third-order valence-electron chi connectivity index (χ3n) is 4.78. The molecular formula is C25H27NO5S. The highest BCUT2D eigenvalue weighted by Gasteiger charge is 2.21. The zero-order valence-electron chi connectivity index (χ0n) is 18.2. The zero-order valence-corrected chi connectivity index (χ0v) is 19.1. The number of hydrogen-bond donors (Lipinski definition) is 1. The van der Waals surface area contributed by atoms with Gasteiger partial charge >= 0.3 is 5.63 Å². The van der Waals surface area contributed by atoms with E-state index in [1.54, 1.807) is 17.8 Å². The standard InChI is InChI=1S/C25H27NO5S/c1-3-4-5-9-12-22(26-31-17(2)27)24(28)21-15-18-13-14-20(16-23(18)30-25(21)29)32-19-10-7-6-8-11-19/h6-8,10-11,13-17,27H,3-5,9,12H2,1-2H3/b26-22+. The van der Waals surface area contributed by atoms with Gasteiger partial charge in [0.15, 0.2) is 0 Å². The summed E-state index contributed by atoms with van der Waals surface area (Å²) in [6.07, 6.45) is 2.98. The van der Waals surface area contributed by atoms with Crippen LogP contribution in [-0.4, -0.2) is 22.9 Å². The van der Waals surface area contributed by atoms with Crippen LogP contribution in [0.2, 0.25) is 0 Å². The molecule has 3 aromatic rings. The molecule has 0 aliphatic carbocycles. The van der Waals surface area contributed by atoms with Gasteiger partial charge in [0.1, 0.15) is 16.9 Å². The van der Waals surface area contributed by atoms with E-state index in [0.717, 1.165) is 35.5 Å². The number of oxime groups is 1. The molecule has 168 valence electrons. The Morgan fingerprint density at radius 2 is 1.88 bits per heavy atom. The van der Waals surface area contributed by atoms with Gasteiger partial charge in [-0.15, -0.1) is 0 Å². The molecule has 0 aliphatic rings. The smallest absolute Gasteiger partial charge is 0.347 e. The first-order valence-corrected chi connectivity index (χ1v) is 11.6. The topological polar surface area (TPSA) is 89.1 Å². The fraction of sp³-hybridized carbons (Fsp3) is 0.320. The van der Waals surface area contributed by atoms with E-state index >= 15 is 0 Å². The molecule has 0 saturated carbocycles. The van der Waals surface area contributed by atoms with Crippen LogP contribution in [0.3, 0.4) is 0 Å². The van der Waals surface area contributed by atoms with Crippen molar-refractivity contribution in [2.24, 2.45) is 5.16 Å². The number of benzene rings is 2. The molecule has 1 heterocycles. The second kappa shape index (κ2) is 11.6. The second-order valence-corrected chi connectivity index (χ2v) is 8.59. The first kappa shape index (κ1) is 23.8. The Kier molecular flexibility index (Phi) is 8.64. The van der Waals surface area contributed by atoms with E-state index < -0.39 is 17.7 Å². The molecule has 1 N–H and O–H groups in total. The van der Waals surface area contributed by atoms with Crippen LogP contribution in [0.4, 0.5) is 0 Å². The van der Waals surface area contributed by atoms with Gasteiger partial charge in [0.25, 0.3) is 0 Å². The van der Waals surface area contributed by atoms with Crippen molar-refractivity contribution in [3.63, 3.8) is 0 Å². The van der Waals surface area contributed by atoms with E-state index in [4.69, 9.17) is 9.25 Å². The number of carbonyl (C=O) groups excluding carboxylic acids is 1. The Morgan fingerprint density at radius 3 is 2.59 bits per heavy atom. The van der Waals surface area contributed by atoms with Crippen LogP contribution in [0.25, 0.3) is 11.0 Å². The molecule has 2 aromatic carbocycles. The van der Waals surface area contributed by atoms with Crippen LogP contribution >= 0.6 is 11.8 Å². The zero-order chi connectivity index (χ0) is 22.9. The molecule has 3 rings (SSSR count). The second-order valence-electron chi connectivity index (χ2n) is 7.44. The minimum Gasteiger partial charge on any atom is -0.422 e. The van der Waals surface area contributed by atoms with E-state index in [-0.39, 0.29) is 11.3 Å². The highest BCUT2D eigenvalue weighted by molar-refractivity contribution is 7.99. The summed E-state index contributed by atoms with van der Waals surface area (Å²) in [4.78, 5) is 32.5. The van der Waals surface area contributed by atoms with Gasteiger partial charge in [-0.2, -0.15) is 0 Å². The van der Waals surface area contributed by atoms with Crippen molar-refractivity contribution in [2.45, 2.75) is 62.0 Å². The van der Waals surface area contributed by atoms with Gasteiger partial charge in [-0.05, 0) is 43.2 Å². The predicted molar refractivity (Wildman–Crippen MR) is 126 cm³/mol. The van der Waals surface area contributed by atoms with Gasteiger partial charge in [-0.25, -0.2) is 4.79 Å². The van der Waals surface area contributed by atoms with Crippen molar-refractivity contribution in [2.75, 3.05) is 0 Å². The molecule has 7 heteroatoms. The molecule has 32 heavy (non-hydrogen) atoms. The van der Waals surface area contributed by atoms with Gasteiger partial charge in [0.05, 0.1) is 0 Å². The lowest BCUT2D eigenvalue weighted by Gasteiger charge is -2.08. The largest absolute Gasteiger partial charge is 0.422 e. The van der Waals surface area contributed by atoms with Gasteiger partial charge in [0, 0.05) is 22.1 Å². The first-order chi connectivity index (χ1) is 15.5. The molecule has 1 aromatic heterocycles. The number of aliphatic hydroxyl groups is 1. The normalized spacial score (nSPS) is 12.7. The Hall–Kier alpha value is -2.90. The maximum Gasteiger partial charge on any atom is 0.347 e. The summed E-state index contributed by atoms with van der Waals surface area (Å²) in [5, 5.41) is 13.8. The molecule has 1 unspecified atom stereocenters. The van der Waals surface area contributed by atoms with Crippen molar-refractivity contribution >= 4 is 34.2 Å². The quantitative estimate of drug-likeness (QED) is 0.0984. The number of aliphatic hydroxyl groups excluding tert-OH is 1. The number of nitrogens with zero attached hydrogens (tertiary/aromatic N) is 1. The molecule has 0 saturated heterocycles. The van der Waals surface area contributed by atoms with Crippen LogP contribution in [0.15, 0.2) is 78.8 Å². The predicted octanol–water partition coefficient (Wildman–Crippen LogP) is 5.81. The summed E-state index contributed by atoms with van der Waals surface area (Å²) in [5.74, 6) is -0.541. The first-order valence-electron chi connectivity index (χ1n) is 10.7. The lowest BCUT2D eigenvalue weighted by Crippen LogP contribution is -2.23. The van der Waals surface area contributed by atoms with Crippen LogP contribution in [0.5, 0.6) is 0 Å². The molecule has 0 radical (unpaired) electrons. The van der Waals surface area contributed by atoms with Crippen LogP contribution in [-0.2, 0) is 4.84 Å². The number of carbonyl (C=O) groups is 1. The van der Waals surface area contributed by atoms with Crippen molar-refractivity contribution in [1.29, 1.82) is 0 Å². The van der Waals surface area contributed by atoms with Crippen molar-refractivity contribution in [3.8, 4) is 0 Å². The van der Waals surface area contributed by atoms with E-state index in [1.807, 2.05) is 42.5 Å². The highest BCUT2D eigenvalue weighted by Crippen LogP contribution is 2.29. The summed E-state index contributed by atoms with van der Waals surface area (Å²) in [6.45, 7) is 3.50. The molecule has 0 amide bonds. The molecule has 0 aliphatic heterocycles. The van der Waals surface area contributed by atoms with Crippen molar-refractivity contribution in [1.82, 2.24) is 0 Å². The van der Waals surface area contributed by atoms with Gasteiger partial charge < -0.3 is 14.4 Å². The number of ketones is 1. The minimum atomic E-state index is -1.15. The van der Waals surface area contributed by atoms with Crippen LogP contribution in [0, 0.1) is 0 Å². The third-order valence-corrected chi connectivity index (χ3v) is 5.77. The van der Waals surface area contributed by atoms with Gasteiger partial charge in [-0.1, -0.05) is 67.4 Å². The minimum absolute atomic E-state index is 0.0932. The molecule has 0 spiro atoms. The van der Waals surface area contributed by atoms with Crippen molar-refractivity contribution < 1.29 is 19.2 Å². The van der Waals surface area contributed by atoms with Gasteiger partial charge in [-0.3, -0.25) is 4.79 Å². The molecular weight excluding hydrogens is 426 g/mol. The molecule has 0 bridgehead atoms. The Labute approximate surface area is 191 Å². The average molecular weight is 454 g/mol. The molecule has 1 atom stereocenters. The summed E-state index contributed by atoms with van der Waals surface area (Å²) in [7, 11) is 0. The molecule has 0 fully saturated rings. The monoisotopic (exact) mass is 453 g/mol. The maximum atomic E-state index is 13.0.